The highest BCUT2D eigenvalue weighted by Gasteiger charge is 2.18. The van der Waals surface area contributed by atoms with Crippen LogP contribution in [0.4, 0.5) is 0 Å². The number of nitrogens with one attached hydrogen (secondary N) is 1. The van der Waals surface area contributed by atoms with Gasteiger partial charge < -0.3 is 11.1 Å². The SMILES string of the molecule is CCCCCC[C@H](NC(=O)C(C)C)C(N)=O. The highest BCUT2D eigenvalue weighted by Crippen LogP contribution is 2.06. The predicted molar refractivity (Wildman–Crippen MR) is 64.7 cm³/mol. The third-order valence-electron chi connectivity index (χ3n) is 2.53. The first-order chi connectivity index (χ1) is 7.49. The molecule has 0 aliphatic carbocycles. The molecule has 0 aliphatic heterocycles. The lowest BCUT2D eigenvalue weighted by atomic mass is 10.1. The van der Waals surface area contributed by atoms with Crippen molar-refractivity contribution in [1.29, 1.82) is 0 Å². The van der Waals surface area contributed by atoms with Gasteiger partial charge in [0.1, 0.15) is 6.04 Å². The van der Waals surface area contributed by atoms with Gasteiger partial charge in [0.05, 0.1) is 0 Å². The maximum atomic E-state index is 11.4. The van der Waals surface area contributed by atoms with Crippen molar-refractivity contribution in [3.05, 3.63) is 0 Å². The predicted octanol–water partition coefficient (Wildman–Crippen LogP) is 1.58. The van der Waals surface area contributed by atoms with Gasteiger partial charge in [-0.15, -0.1) is 0 Å². The van der Waals surface area contributed by atoms with Crippen LogP contribution in [0.1, 0.15) is 52.9 Å². The molecule has 0 heterocycles. The summed E-state index contributed by atoms with van der Waals surface area (Å²) in [6.07, 6.45) is 4.97. The fraction of sp³-hybridized carbons (Fsp3) is 0.833. The van der Waals surface area contributed by atoms with E-state index in [9.17, 15) is 9.59 Å². The van der Waals surface area contributed by atoms with E-state index in [2.05, 4.69) is 12.2 Å². The Labute approximate surface area is 98.0 Å². The second kappa shape index (κ2) is 8.13. The van der Waals surface area contributed by atoms with E-state index in [0.29, 0.717) is 6.42 Å². The number of nitrogens with two attached hydrogens (primary N) is 1. The Morgan fingerprint density at radius 2 is 1.81 bits per heavy atom. The molecule has 2 amide bonds. The Bertz CT molecular complexity index is 227. The zero-order valence-electron chi connectivity index (χ0n) is 10.6. The number of unbranched alkanes of at least 4 members (excludes halogenated alkanes) is 3. The molecule has 1 atom stereocenters. The molecule has 94 valence electrons. The molecular formula is C12H24N2O2. The molecule has 4 heteroatoms. The van der Waals surface area contributed by atoms with Gasteiger partial charge in [0, 0.05) is 5.92 Å². The number of hydrogen-bond acceptors (Lipinski definition) is 2. The minimum Gasteiger partial charge on any atom is -0.368 e. The molecular weight excluding hydrogens is 204 g/mol. The zero-order valence-corrected chi connectivity index (χ0v) is 10.6. The number of primary amides is 1. The van der Waals surface area contributed by atoms with Gasteiger partial charge in [-0.3, -0.25) is 9.59 Å². The van der Waals surface area contributed by atoms with Gasteiger partial charge in [0.2, 0.25) is 11.8 Å². The number of carbonyl (C=O) groups excluding carboxylic acids is 2. The average Bonchev–Trinajstić information content (AvgIpc) is 2.21. The summed E-state index contributed by atoms with van der Waals surface area (Å²) in [6, 6.07) is -0.508. The van der Waals surface area contributed by atoms with Crippen LogP contribution in [-0.2, 0) is 9.59 Å². The first-order valence-electron chi connectivity index (χ1n) is 6.08. The van der Waals surface area contributed by atoms with E-state index in [1.165, 1.54) is 0 Å². The van der Waals surface area contributed by atoms with Crippen molar-refractivity contribution in [1.82, 2.24) is 5.32 Å². The smallest absolute Gasteiger partial charge is 0.239 e. The molecule has 0 spiro atoms. The average molecular weight is 228 g/mol. The van der Waals surface area contributed by atoms with Crippen LogP contribution in [0.25, 0.3) is 0 Å². The molecule has 0 aromatic heterocycles. The maximum absolute atomic E-state index is 11.4. The summed E-state index contributed by atoms with van der Waals surface area (Å²) in [4.78, 5) is 22.6. The molecule has 0 saturated heterocycles. The molecule has 0 radical (unpaired) electrons. The third kappa shape index (κ3) is 6.43. The Balaban J connectivity index is 3.98. The van der Waals surface area contributed by atoms with Crippen LogP contribution in [0.2, 0.25) is 0 Å². The van der Waals surface area contributed by atoms with E-state index < -0.39 is 11.9 Å². The van der Waals surface area contributed by atoms with Crippen LogP contribution in [0.5, 0.6) is 0 Å². The normalized spacial score (nSPS) is 12.5. The zero-order chi connectivity index (χ0) is 12.6. The number of carbonyl (C=O) groups is 2. The van der Waals surface area contributed by atoms with E-state index in [1.807, 2.05) is 0 Å². The number of hydrogen-bond donors (Lipinski definition) is 2. The highest BCUT2D eigenvalue weighted by molar-refractivity contribution is 5.87. The van der Waals surface area contributed by atoms with Crippen molar-refractivity contribution in [2.75, 3.05) is 0 Å². The van der Waals surface area contributed by atoms with Crippen molar-refractivity contribution >= 4 is 11.8 Å². The topological polar surface area (TPSA) is 72.2 Å². The summed E-state index contributed by atoms with van der Waals surface area (Å²) in [5, 5.41) is 2.68. The van der Waals surface area contributed by atoms with Gasteiger partial charge >= 0.3 is 0 Å². The second-order valence-corrected chi connectivity index (χ2v) is 4.47. The Hall–Kier alpha value is -1.06. The fourth-order valence-electron chi connectivity index (χ4n) is 1.40. The molecule has 4 nitrogen and oxygen atoms in total. The van der Waals surface area contributed by atoms with Gasteiger partial charge in [-0.25, -0.2) is 0 Å². The van der Waals surface area contributed by atoms with Gasteiger partial charge in [0.15, 0.2) is 0 Å². The summed E-state index contributed by atoms with van der Waals surface area (Å²) in [7, 11) is 0. The van der Waals surface area contributed by atoms with Gasteiger partial charge in [-0.05, 0) is 6.42 Å². The quantitative estimate of drug-likeness (QED) is 0.619. The summed E-state index contributed by atoms with van der Waals surface area (Å²) in [5.74, 6) is -0.665. The van der Waals surface area contributed by atoms with E-state index >= 15 is 0 Å². The Kier molecular flexibility index (Phi) is 7.60. The van der Waals surface area contributed by atoms with E-state index in [4.69, 9.17) is 5.73 Å². The van der Waals surface area contributed by atoms with Crippen LogP contribution in [0.15, 0.2) is 0 Å². The molecule has 0 unspecified atom stereocenters. The van der Waals surface area contributed by atoms with Gasteiger partial charge in [0.25, 0.3) is 0 Å². The first-order valence-corrected chi connectivity index (χ1v) is 6.08. The summed E-state index contributed by atoms with van der Waals surface area (Å²) >= 11 is 0. The summed E-state index contributed by atoms with van der Waals surface area (Å²) in [6.45, 7) is 5.72. The molecule has 0 bridgehead atoms. The number of amides is 2. The van der Waals surface area contributed by atoms with Crippen LogP contribution < -0.4 is 11.1 Å². The number of rotatable bonds is 8. The maximum Gasteiger partial charge on any atom is 0.239 e. The Morgan fingerprint density at radius 1 is 1.19 bits per heavy atom. The molecule has 0 aromatic carbocycles. The summed E-state index contributed by atoms with van der Waals surface area (Å²) < 4.78 is 0. The standard InChI is InChI=1S/C12H24N2O2/c1-4-5-6-7-8-10(11(13)15)14-12(16)9(2)3/h9-10H,4-8H2,1-3H3,(H2,13,15)(H,14,16)/t10-/m0/s1. The molecule has 16 heavy (non-hydrogen) atoms. The van der Waals surface area contributed by atoms with Crippen LogP contribution in [0.3, 0.4) is 0 Å². The van der Waals surface area contributed by atoms with E-state index in [-0.39, 0.29) is 11.8 Å². The molecule has 0 fully saturated rings. The van der Waals surface area contributed by atoms with Crippen molar-refractivity contribution in [3.63, 3.8) is 0 Å². The van der Waals surface area contributed by atoms with Gasteiger partial charge in [-0.1, -0.05) is 46.5 Å². The minimum atomic E-state index is -0.508. The molecule has 0 saturated carbocycles. The van der Waals surface area contributed by atoms with Crippen LogP contribution in [-0.4, -0.2) is 17.9 Å². The second-order valence-electron chi connectivity index (χ2n) is 4.47. The fourth-order valence-corrected chi connectivity index (χ4v) is 1.40. The monoisotopic (exact) mass is 228 g/mol. The van der Waals surface area contributed by atoms with E-state index in [1.54, 1.807) is 13.8 Å². The lowest BCUT2D eigenvalue weighted by molar-refractivity contribution is -0.129. The minimum absolute atomic E-state index is 0.112. The van der Waals surface area contributed by atoms with Crippen molar-refractivity contribution in [3.8, 4) is 0 Å². The Morgan fingerprint density at radius 3 is 2.25 bits per heavy atom. The first kappa shape index (κ1) is 14.9. The highest BCUT2D eigenvalue weighted by atomic mass is 16.2. The lowest BCUT2D eigenvalue weighted by Crippen LogP contribution is -2.45. The van der Waals surface area contributed by atoms with Crippen molar-refractivity contribution in [2.45, 2.75) is 58.9 Å². The van der Waals surface area contributed by atoms with Crippen LogP contribution in [0, 0.1) is 5.92 Å². The summed E-state index contributed by atoms with van der Waals surface area (Å²) in [5.41, 5.74) is 5.25. The molecule has 0 aliphatic rings. The van der Waals surface area contributed by atoms with Crippen molar-refractivity contribution < 1.29 is 9.59 Å². The van der Waals surface area contributed by atoms with E-state index in [0.717, 1.165) is 25.7 Å². The molecule has 3 N–H and O–H groups in total. The van der Waals surface area contributed by atoms with Gasteiger partial charge in [-0.2, -0.15) is 0 Å². The lowest BCUT2D eigenvalue weighted by Gasteiger charge is -2.16. The largest absolute Gasteiger partial charge is 0.368 e. The molecule has 0 aromatic rings. The van der Waals surface area contributed by atoms with Crippen molar-refractivity contribution in [2.24, 2.45) is 11.7 Å². The molecule has 0 rings (SSSR count). The van der Waals surface area contributed by atoms with Crippen LogP contribution >= 0.6 is 0 Å². The third-order valence-corrected chi connectivity index (χ3v) is 2.53.